The van der Waals surface area contributed by atoms with Gasteiger partial charge in [-0.3, -0.25) is 0 Å². The van der Waals surface area contributed by atoms with Gasteiger partial charge in [-0.1, -0.05) is 20.3 Å². The minimum atomic E-state index is 0.495. The monoisotopic (exact) mass is 256 g/mol. The molecule has 0 aromatic carbocycles. The van der Waals surface area contributed by atoms with E-state index in [1.807, 2.05) is 0 Å². The van der Waals surface area contributed by atoms with Crippen molar-refractivity contribution >= 4 is 11.8 Å². The van der Waals surface area contributed by atoms with Crippen molar-refractivity contribution in [3.05, 3.63) is 0 Å². The summed E-state index contributed by atoms with van der Waals surface area (Å²) in [5.74, 6) is 2.66. The summed E-state index contributed by atoms with van der Waals surface area (Å²) in [7, 11) is 2.33. The molecule has 3 heteroatoms. The number of hydrogen-bond acceptors (Lipinski definition) is 3. The van der Waals surface area contributed by atoms with E-state index in [4.69, 9.17) is 0 Å². The number of hydrogen-bond donors (Lipinski definition) is 1. The van der Waals surface area contributed by atoms with Gasteiger partial charge in [-0.05, 0) is 44.0 Å². The van der Waals surface area contributed by atoms with Gasteiger partial charge in [0.2, 0.25) is 0 Å². The molecule has 2 fully saturated rings. The Kier molecular flexibility index (Phi) is 4.79. The Morgan fingerprint density at radius 1 is 1.35 bits per heavy atom. The molecule has 2 aliphatic rings. The summed E-state index contributed by atoms with van der Waals surface area (Å²) >= 11 is 2.13. The van der Waals surface area contributed by atoms with E-state index in [0.29, 0.717) is 5.41 Å². The van der Waals surface area contributed by atoms with Crippen LogP contribution in [0.2, 0.25) is 0 Å². The normalized spacial score (nSPS) is 33.9. The lowest BCUT2D eigenvalue weighted by atomic mass is 9.81. The smallest absolute Gasteiger partial charge is 0.0235 e. The summed E-state index contributed by atoms with van der Waals surface area (Å²) in [6, 6.07) is 1.49. The molecule has 0 spiro atoms. The molecule has 0 aliphatic carbocycles. The molecule has 0 bridgehead atoms. The molecule has 2 nitrogen and oxygen atoms in total. The number of likely N-dealkylation sites (N-methyl/N-ethyl adjacent to an activating group) is 1. The highest BCUT2D eigenvalue weighted by molar-refractivity contribution is 7.99. The van der Waals surface area contributed by atoms with Crippen LogP contribution >= 0.6 is 11.8 Å². The molecule has 0 saturated carbocycles. The first-order chi connectivity index (χ1) is 8.09. The van der Waals surface area contributed by atoms with Crippen LogP contribution in [0, 0.1) is 5.41 Å². The van der Waals surface area contributed by atoms with Crippen molar-refractivity contribution in [2.45, 2.75) is 51.6 Å². The number of thioether (sulfide) groups is 1. The van der Waals surface area contributed by atoms with Gasteiger partial charge in [-0.15, -0.1) is 0 Å². The molecule has 0 aromatic rings. The first-order valence-electron chi connectivity index (χ1n) is 7.11. The Morgan fingerprint density at radius 3 is 2.82 bits per heavy atom. The van der Waals surface area contributed by atoms with E-state index >= 15 is 0 Å². The van der Waals surface area contributed by atoms with E-state index in [1.165, 1.54) is 50.3 Å². The Balaban J connectivity index is 1.87. The third-order valence-electron chi connectivity index (χ3n) is 4.52. The second-order valence-electron chi connectivity index (χ2n) is 6.42. The van der Waals surface area contributed by atoms with Gasteiger partial charge in [-0.2, -0.15) is 11.8 Å². The average molecular weight is 256 g/mol. The van der Waals surface area contributed by atoms with Gasteiger partial charge in [0.15, 0.2) is 0 Å². The molecule has 0 aromatic heterocycles. The van der Waals surface area contributed by atoms with Crippen LogP contribution in [0.3, 0.4) is 0 Å². The van der Waals surface area contributed by atoms with Crippen LogP contribution in [-0.4, -0.2) is 48.6 Å². The fourth-order valence-electron chi connectivity index (χ4n) is 3.20. The lowest BCUT2D eigenvalue weighted by molar-refractivity contribution is 0.108. The van der Waals surface area contributed by atoms with Crippen molar-refractivity contribution in [1.82, 2.24) is 10.2 Å². The van der Waals surface area contributed by atoms with Crippen molar-refractivity contribution in [2.24, 2.45) is 5.41 Å². The molecule has 17 heavy (non-hydrogen) atoms. The lowest BCUT2D eigenvalue weighted by Gasteiger charge is -2.45. The fraction of sp³-hybridized carbons (Fsp3) is 1.00. The van der Waals surface area contributed by atoms with E-state index in [-0.39, 0.29) is 0 Å². The largest absolute Gasteiger partial charge is 0.313 e. The first kappa shape index (κ1) is 13.7. The predicted molar refractivity (Wildman–Crippen MR) is 77.8 cm³/mol. The summed E-state index contributed by atoms with van der Waals surface area (Å²) in [6.45, 7) is 7.35. The van der Waals surface area contributed by atoms with E-state index in [0.717, 1.165) is 12.1 Å². The first-order valence-corrected chi connectivity index (χ1v) is 8.26. The third-order valence-corrected chi connectivity index (χ3v) is 5.57. The second-order valence-corrected chi connectivity index (χ2v) is 7.57. The minimum absolute atomic E-state index is 0.495. The van der Waals surface area contributed by atoms with Crippen molar-refractivity contribution in [2.75, 3.05) is 31.6 Å². The summed E-state index contributed by atoms with van der Waals surface area (Å²) in [5.41, 5.74) is 0.495. The van der Waals surface area contributed by atoms with E-state index < -0.39 is 0 Å². The number of nitrogens with zero attached hydrogens (tertiary/aromatic N) is 1. The topological polar surface area (TPSA) is 15.3 Å². The molecule has 100 valence electrons. The van der Waals surface area contributed by atoms with Crippen molar-refractivity contribution in [1.29, 1.82) is 0 Å². The lowest BCUT2D eigenvalue weighted by Crippen LogP contribution is -2.52. The van der Waals surface area contributed by atoms with Gasteiger partial charge in [0.1, 0.15) is 0 Å². The van der Waals surface area contributed by atoms with E-state index in [2.05, 4.69) is 42.9 Å². The zero-order chi connectivity index (χ0) is 12.3. The van der Waals surface area contributed by atoms with Crippen LogP contribution in [0.4, 0.5) is 0 Å². The second kappa shape index (κ2) is 5.94. The molecule has 2 rings (SSSR count). The van der Waals surface area contributed by atoms with Gasteiger partial charge >= 0.3 is 0 Å². The van der Waals surface area contributed by atoms with Crippen molar-refractivity contribution < 1.29 is 0 Å². The standard InChI is InChI=1S/C14H28N2S/c1-14(2)7-9-17-11-13(14)16(3)10-12-6-4-5-8-15-12/h12-13,15H,4-11H2,1-3H3. The van der Waals surface area contributed by atoms with Gasteiger partial charge in [0, 0.05) is 24.4 Å². The van der Waals surface area contributed by atoms with Gasteiger partial charge in [0.25, 0.3) is 0 Å². The maximum absolute atomic E-state index is 3.67. The molecular formula is C14H28N2S. The van der Waals surface area contributed by atoms with E-state index in [9.17, 15) is 0 Å². The number of rotatable bonds is 3. The molecular weight excluding hydrogens is 228 g/mol. The van der Waals surface area contributed by atoms with Crippen molar-refractivity contribution in [3.8, 4) is 0 Å². The zero-order valence-electron chi connectivity index (χ0n) is 11.7. The molecule has 2 saturated heterocycles. The summed E-state index contributed by atoms with van der Waals surface area (Å²) in [6.07, 6.45) is 5.51. The average Bonchev–Trinajstić information content (AvgIpc) is 2.29. The quantitative estimate of drug-likeness (QED) is 0.835. The molecule has 2 unspecified atom stereocenters. The summed E-state index contributed by atoms with van der Waals surface area (Å²) < 4.78 is 0. The van der Waals surface area contributed by atoms with Crippen LogP contribution in [0.25, 0.3) is 0 Å². The van der Waals surface area contributed by atoms with Gasteiger partial charge < -0.3 is 10.2 Å². The Bertz CT molecular complexity index is 236. The molecule has 0 radical (unpaired) electrons. The maximum Gasteiger partial charge on any atom is 0.0235 e. The maximum atomic E-state index is 3.67. The van der Waals surface area contributed by atoms with Crippen LogP contribution in [0.5, 0.6) is 0 Å². The molecule has 1 N–H and O–H groups in total. The highest BCUT2D eigenvalue weighted by Gasteiger charge is 2.35. The minimum Gasteiger partial charge on any atom is -0.313 e. The fourth-order valence-corrected chi connectivity index (χ4v) is 4.97. The SMILES string of the molecule is CN(CC1CCCCN1)C1CSCCC1(C)C. The number of piperidine rings is 1. The Morgan fingerprint density at radius 2 is 2.18 bits per heavy atom. The molecule has 2 heterocycles. The third kappa shape index (κ3) is 3.62. The summed E-state index contributed by atoms with van der Waals surface area (Å²) in [5, 5.41) is 3.67. The van der Waals surface area contributed by atoms with Crippen LogP contribution in [-0.2, 0) is 0 Å². The van der Waals surface area contributed by atoms with Crippen LogP contribution in [0.15, 0.2) is 0 Å². The Hall–Kier alpha value is 0.270. The zero-order valence-corrected chi connectivity index (χ0v) is 12.5. The highest BCUT2D eigenvalue weighted by atomic mass is 32.2. The Labute approximate surface area is 111 Å². The molecule has 2 atom stereocenters. The highest BCUT2D eigenvalue weighted by Crippen LogP contribution is 2.36. The van der Waals surface area contributed by atoms with Gasteiger partial charge in [-0.25, -0.2) is 0 Å². The summed E-state index contributed by atoms with van der Waals surface area (Å²) in [4.78, 5) is 2.62. The predicted octanol–water partition coefficient (Wildman–Crippen LogP) is 2.59. The molecule has 2 aliphatic heterocycles. The molecule has 0 amide bonds. The van der Waals surface area contributed by atoms with Crippen molar-refractivity contribution in [3.63, 3.8) is 0 Å². The van der Waals surface area contributed by atoms with Gasteiger partial charge in [0.05, 0.1) is 0 Å². The number of nitrogens with one attached hydrogen (secondary N) is 1. The van der Waals surface area contributed by atoms with Crippen LogP contribution < -0.4 is 5.32 Å². The van der Waals surface area contributed by atoms with E-state index in [1.54, 1.807) is 0 Å². The van der Waals surface area contributed by atoms with Crippen LogP contribution in [0.1, 0.15) is 39.5 Å².